The van der Waals surface area contributed by atoms with Crippen molar-refractivity contribution in [1.82, 2.24) is 29.4 Å². The van der Waals surface area contributed by atoms with Gasteiger partial charge in [0.15, 0.2) is 0 Å². The lowest BCUT2D eigenvalue weighted by atomic mass is 10.0. The molecular weight excluding hydrogens is 706 g/mol. The zero-order valence-electron chi connectivity index (χ0n) is 28.9. The second-order valence-electron chi connectivity index (χ2n) is 11.9. The van der Waals surface area contributed by atoms with Gasteiger partial charge < -0.3 is 29.5 Å². The Kier molecular flexibility index (Phi) is 21.5. The van der Waals surface area contributed by atoms with Crippen molar-refractivity contribution in [3.05, 3.63) is 29.8 Å². The third-order valence-corrected chi connectivity index (χ3v) is 8.81. The zero-order chi connectivity index (χ0) is 38.1. The molecule has 0 aliphatic carbocycles. The zero-order valence-corrected chi connectivity index (χ0v) is 29.7. The molecule has 1 unspecified atom stereocenters. The number of carboxylic acids is 3. The first-order valence-electron chi connectivity index (χ1n) is 16.4. The molecule has 1 fully saturated rings. The molecule has 1 aromatic rings. The maximum atomic E-state index is 11.8. The van der Waals surface area contributed by atoms with Crippen LogP contribution in [0.4, 0.5) is 0 Å². The van der Waals surface area contributed by atoms with Gasteiger partial charge in [0, 0.05) is 82.9 Å². The summed E-state index contributed by atoms with van der Waals surface area (Å²) in [6.07, 6.45) is 0.414. The molecule has 1 aromatic carbocycles. The van der Waals surface area contributed by atoms with Crippen LogP contribution in [0.15, 0.2) is 29.2 Å². The SMILES string of the molecule is N#CSc1ccc(CC2CN(COC=O)CCN(CC(=O)O)CCN(CC(=O)O)CCN(CC(=O)O)CCN(COC=O)CCN2COC=O)cc1. The van der Waals surface area contributed by atoms with E-state index in [-0.39, 0.29) is 118 Å². The number of carbonyl (C=O) groups is 6. The van der Waals surface area contributed by atoms with Crippen molar-refractivity contribution in [3.63, 3.8) is 0 Å². The van der Waals surface area contributed by atoms with Crippen LogP contribution in [-0.2, 0) is 49.4 Å². The molecule has 0 aromatic heterocycles. The highest BCUT2D eigenvalue weighted by atomic mass is 32.2. The number of carbonyl (C=O) groups excluding carboxylic acids is 3. The lowest BCUT2D eigenvalue weighted by Gasteiger charge is -2.37. The van der Waals surface area contributed by atoms with E-state index in [0.717, 1.165) is 22.2 Å². The summed E-state index contributed by atoms with van der Waals surface area (Å²) in [4.78, 5) is 80.2. The van der Waals surface area contributed by atoms with Gasteiger partial charge in [0.2, 0.25) is 0 Å². The van der Waals surface area contributed by atoms with Crippen molar-refractivity contribution in [2.75, 3.05) is 112 Å². The fourth-order valence-electron chi connectivity index (χ4n) is 5.61. The standard InChI is InChI=1S/C32H47N7O12S/c33-20-52-29-3-1-27(2-4-29)15-28-16-38(22-50-25-41)12-10-36(19-32(47)48)8-6-34(17-30(43)44)5-7-35(18-31(45)46)9-11-37(21-49-24-40)13-14-39(28)23-51-26-42/h1-4,24-26,28H,5-19,21-23H2,(H,43,44)(H,45,46)(H,47,48). The Labute approximate surface area is 306 Å². The first-order valence-corrected chi connectivity index (χ1v) is 17.2. The molecule has 0 amide bonds. The molecule has 0 radical (unpaired) electrons. The van der Waals surface area contributed by atoms with Crippen molar-refractivity contribution in [2.24, 2.45) is 0 Å². The summed E-state index contributed by atoms with van der Waals surface area (Å²) < 4.78 is 15.4. The van der Waals surface area contributed by atoms with Crippen LogP contribution >= 0.6 is 11.8 Å². The number of hydrogen-bond donors (Lipinski definition) is 3. The largest absolute Gasteiger partial charge is 0.480 e. The number of ether oxygens (including phenoxy) is 3. The predicted molar refractivity (Wildman–Crippen MR) is 184 cm³/mol. The lowest BCUT2D eigenvalue weighted by Crippen LogP contribution is -2.51. The van der Waals surface area contributed by atoms with Crippen LogP contribution in [0, 0.1) is 10.7 Å². The Morgan fingerprint density at radius 1 is 0.654 bits per heavy atom. The molecule has 2 rings (SSSR count). The van der Waals surface area contributed by atoms with E-state index in [1.165, 1.54) is 0 Å². The van der Waals surface area contributed by atoms with E-state index in [9.17, 15) is 44.1 Å². The monoisotopic (exact) mass is 753 g/mol. The Morgan fingerprint density at radius 3 is 1.50 bits per heavy atom. The minimum Gasteiger partial charge on any atom is -0.480 e. The average molecular weight is 754 g/mol. The highest BCUT2D eigenvalue weighted by Crippen LogP contribution is 2.19. The van der Waals surface area contributed by atoms with Crippen LogP contribution in [0.3, 0.4) is 0 Å². The average Bonchev–Trinajstić information content (AvgIpc) is 3.10. The molecule has 20 heteroatoms. The molecule has 1 aliphatic heterocycles. The van der Waals surface area contributed by atoms with E-state index in [2.05, 4.69) is 0 Å². The highest BCUT2D eigenvalue weighted by molar-refractivity contribution is 8.03. The van der Waals surface area contributed by atoms with E-state index in [4.69, 9.17) is 19.5 Å². The Bertz CT molecular complexity index is 1310. The van der Waals surface area contributed by atoms with Gasteiger partial charge in [0.05, 0.1) is 19.6 Å². The number of benzene rings is 1. The van der Waals surface area contributed by atoms with Crippen molar-refractivity contribution in [3.8, 4) is 5.40 Å². The van der Waals surface area contributed by atoms with E-state index < -0.39 is 17.9 Å². The van der Waals surface area contributed by atoms with E-state index in [1.54, 1.807) is 19.6 Å². The predicted octanol–water partition coefficient (Wildman–Crippen LogP) is -1.36. The van der Waals surface area contributed by atoms with Gasteiger partial charge in [0.1, 0.15) is 25.6 Å². The summed E-state index contributed by atoms with van der Waals surface area (Å²) in [5.74, 6) is -3.28. The Hall–Kier alpha value is -4.36. The number of rotatable bonds is 18. The summed E-state index contributed by atoms with van der Waals surface area (Å²) in [6, 6.07) is 6.97. The molecule has 1 heterocycles. The number of thioether (sulfide) groups is 1. The van der Waals surface area contributed by atoms with E-state index >= 15 is 0 Å². The van der Waals surface area contributed by atoms with E-state index in [0.29, 0.717) is 25.8 Å². The topological polar surface area (TPSA) is 234 Å². The summed E-state index contributed by atoms with van der Waals surface area (Å²) in [5, 5.41) is 39.9. The first-order chi connectivity index (χ1) is 25.1. The third kappa shape index (κ3) is 18.8. The number of aliphatic carboxylic acids is 3. The van der Waals surface area contributed by atoms with Gasteiger partial charge in [-0.05, 0) is 35.9 Å². The highest BCUT2D eigenvalue weighted by Gasteiger charge is 2.26. The number of thiocyanates is 1. The van der Waals surface area contributed by atoms with Crippen molar-refractivity contribution >= 4 is 49.1 Å². The fourth-order valence-corrected chi connectivity index (χ4v) is 5.99. The van der Waals surface area contributed by atoms with Crippen LogP contribution in [0.25, 0.3) is 0 Å². The van der Waals surface area contributed by atoms with Crippen LogP contribution in [0.2, 0.25) is 0 Å². The summed E-state index contributed by atoms with van der Waals surface area (Å²) in [5.41, 5.74) is 0.887. The number of carboxylic acid groups (broad SMARTS) is 3. The molecule has 0 bridgehead atoms. The van der Waals surface area contributed by atoms with Gasteiger partial charge in [-0.25, -0.2) is 0 Å². The van der Waals surface area contributed by atoms with Gasteiger partial charge >= 0.3 is 17.9 Å². The number of nitriles is 1. The van der Waals surface area contributed by atoms with Gasteiger partial charge in [-0.3, -0.25) is 58.2 Å². The molecule has 52 heavy (non-hydrogen) atoms. The molecular formula is C32H47N7O12S. The fraction of sp³-hybridized carbons (Fsp3) is 0.594. The molecule has 0 saturated carbocycles. The minimum absolute atomic E-state index is 0.112. The Balaban J connectivity index is 2.54. The maximum absolute atomic E-state index is 11.8. The molecule has 19 nitrogen and oxygen atoms in total. The van der Waals surface area contributed by atoms with Gasteiger partial charge in [0.25, 0.3) is 19.4 Å². The molecule has 1 aliphatic rings. The van der Waals surface area contributed by atoms with Crippen molar-refractivity contribution in [1.29, 1.82) is 5.26 Å². The maximum Gasteiger partial charge on any atom is 0.317 e. The molecule has 288 valence electrons. The minimum atomic E-state index is -1.10. The smallest absolute Gasteiger partial charge is 0.317 e. The molecule has 1 saturated heterocycles. The second-order valence-corrected chi connectivity index (χ2v) is 12.7. The summed E-state index contributed by atoms with van der Waals surface area (Å²) in [7, 11) is 0. The normalized spacial score (nSPS) is 18.9. The molecule has 0 spiro atoms. The number of nitrogens with zero attached hydrogens (tertiary/aromatic N) is 7. The third-order valence-electron chi connectivity index (χ3n) is 8.21. The van der Waals surface area contributed by atoms with Crippen LogP contribution in [0.5, 0.6) is 0 Å². The van der Waals surface area contributed by atoms with Crippen LogP contribution < -0.4 is 0 Å². The van der Waals surface area contributed by atoms with E-state index in [1.807, 2.05) is 39.5 Å². The number of hydrogen-bond acceptors (Lipinski definition) is 17. The summed E-state index contributed by atoms with van der Waals surface area (Å²) >= 11 is 1.02. The molecule has 3 N–H and O–H groups in total. The first kappa shape index (κ1) is 43.8. The van der Waals surface area contributed by atoms with Crippen LogP contribution in [0.1, 0.15) is 5.56 Å². The van der Waals surface area contributed by atoms with Gasteiger partial charge in [-0.15, -0.1) is 0 Å². The van der Waals surface area contributed by atoms with Gasteiger partial charge in [-0.2, -0.15) is 5.26 Å². The summed E-state index contributed by atoms with van der Waals surface area (Å²) in [6.45, 7) is 1.97. The van der Waals surface area contributed by atoms with Crippen molar-refractivity contribution < 1.29 is 58.3 Å². The second kappa shape index (κ2) is 25.6. The Morgan fingerprint density at radius 2 is 1.06 bits per heavy atom. The van der Waals surface area contributed by atoms with Gasteiger partial charge in [-0.1, -0.05) is 12.1 Å². The van der Waals surface area contributed by atoms with Crippen LogP contribution in [-0.4, -0.2) is 200 Å². The quantitative estimate of drug-likeness (QED) is 0.0680. The van der Waals surface area contributed by atoms with Crippen molar-refractivity contribution in [2.45, 2.75) is 17.4 Å². The lowest BCUT2D eigenvalue weighted by molar-refractivity contribution is -0.141. The molecule has 1 atom stereocenters.